The van der Waals surface area contributed by atoms with Gasteiger partial charge in [-0.3, -0.25) is 0 Å². The van der Waals surface area contributed by atoms with Crippen LogP contribution in [0.25, 0.3) is 10.2 Å². The molecule has 0 atom stereocenters. The van der Waals surface area contributed by atoms with Crippen LogP contribution < -0.4 is 4.90 Å². The molecule has 0 spiro atoms. The molecule has 0 unspecified atom stereocenters. The molecule has 2 aromatic rings. The second-order valence-electron chi connectivity index (χ2n) is 6.18. The van der Waals surface area contributed by atoms with Crippen molar-refractivity contribution in [2.24, 2.45) is 5.92 Å². The third-order valence-corrected chi connectivity index (χ3v) is 5.43. The summed E-state index contributed by atoms with van der Waals surface area (Å²) in [6.07, 6.45) is 5.31. The van der Waals surface area contributed by atoms with E-state index in [4.69, 9.17) is 0 Å². The molecule has 122 valence electrons. The molecule has 1 aliphatic heterocycles. The van der Waals surface area contributed by atoms with Crippen LogP contribution in [-0.2, 0) is 6.42 Å². The standard InChI is InChI=1S/C16H24N4S.ClH/c1-4-13-9-14-15(17-11-18-16(14)21-13)20-7-5-12(6-8-20)10-19(2)3;/h9,11-12H,4-8,10H2,1-3H3;1H. The predicted octanol–water partition coefficient (Wildman–Crippen LogP) is 3.45. The SMILES string of the molecule is CCc1cc2c(N3CCC(CN(C)C)CC3)ncnc2s1.Cl. The van der Waals surface area contributed by atoms with Crippen molar-refractivity contribution in [2.75, 3.05) is 38.6 Å². The first-order valence-corrected chi connectivity index (χ1v) is 8.62. The Balaban J connectivity index is 0.00000176. The lowest BCUT2D eigenvalue weighted by atomic mass is 9.96. The number of thiophene rings is 1. The van der Waals surface area contributed by atoms with Crippen molar-refractivity contribution in [3.05, 3.63) is 17.3 Å². The average molecular weight is 341 g/mol. The fourth-order valence-corrected chi connectivity index (χ4v) is 4.09. The summed E-state index contributed by atoms with van der Waals surface area (Å²) < 4.78 is 0. The number of piperidine rings is 1. The molecule has 0 aliphatic carbocycles. The van der Waals surface area contributed by atoms with Crippen molar-refractivity contribution in [1.29, 1.82) is 0 Å². The second-order valence-corrected chi connectivity index (χ2v) is 7.29. The molecule has 2 aromatic heterocycles. The predicted molar refractivity (Wildman–Crippen MR) is 97.5 cm³/mol. The maximum atomic E-state index is 4.58. The average Bonchev–Trinajstić information content (AvgIpc) is 2.90. The number of aryl methyl sites for hydroxylation is 1. The van der Waals surface area contributed by atoms with Gasteiger partial charge in [0.05, 0.1) is 5.39 Å². The van der Waals surface area contributed by atoms with Gasteiger partial charge in [0.2, 0.25) is 0 Å². The van der Waals surface area contributed by atoms with Crippen LogP contribution in [-0.4, -0.2) is 48.6 Å². The maximum Gasteiger partial charge on any atom is 0.140 e. The van der Waals surface area contributed by atoms with Crippen molar-refractivity contribution < 1.29 is 0 Å². The number of halogens is 1. The maximum absolute atomic E-state index is 4.58. The summed E-state index contributed by atoms with van der Waals surface area (Å²) in [4.78, 5) is 16.3. The van der Waals surface area contributed by atoms with Crippen LogP contribution in [0.2, 0.25) is 0 Å². The van der Waals surface area contributed by atoms with Crippen LogP contribution in [0.1, 0.15) is 24.6 Å². The van der Waals surface area contributed by atoms with Gasteiger partial charge in [-0.1, -0.05) is 6.92 Å². The Morgan fingerprint density at radius 3 is 2.64 bits per heavy atom. The van der Waals surface area contributed by atoms with Gasteiger partial charge in [0, 0.05) is 24.5 Å². The smallest absolute Gasteiger partial charge is 0.140 e. The largest absolute Gasteiger partial charge is 0.356 e. The van der Waals surface area contributed by atoms with Gasteiger partial charge in [0.25, 0.3) is 0 Å². The third kappa shape index (κ3) is 3.70. The lowest BCUT2D eigenvalue weighted by Gasteiger charge is -2.34. The zero-order valence-electron chi connectivity index (χ0n) is 13.6. The van der Waals surface area contributed by atoms with Gasteiger partial charge < -0.3 is 9.80 Å². The Morgan fingerprint density at radius 1 is 1.27 bits per heavy atom. The topological polar surface area (TPSA) is 32.3 Å². The van der Waals surface area contributed by atoms with E-state index in [1.54, 1.807) is 17.7 Å². The molecular formula is C16H25ClN4S. The van der Waals surface area contributed by atoms with Gasteiger partial charge in [-0.05, 0) is 45.3 Å². The molecule has 0 aromatic carbocycles. The number of rotatable bonds is 4. The summed E-state index contributed by atoms with van der Waals surface area (Å²) in [6.45, 7) is 5.62. The minimum atomic E-state index is 0. The summed E-state index contributed by atoms with van der Waals surface area (Å²) in [7, 11) is 4.33. The number of aromatic nitrogens is 2. The van der Waals surface area contributed by atoms with Crippen LogP contribution in [0.4, 0.5) is 5.82 Å². The molecule has 0 saturated carbocycles. The summed E-state index contributed by atoms with van der Waals surface area (Å²) in [5, 5.41) is 1.24. The minimum Gasteiger partial charge on any atom is -0.356 e. The van der Waals surface area contributed by atoms with E-state index in [1.165, 1.54) is 29.6 Å². The van der Waals surface area contributed by atoms with Crippen molar-refractivity contribution >= 4 is 39.8 Å². The molecule has 1 saturated heterocycles. The zero-order valence-corrected chi connectivity index (χ0v) is 15.2. The number of hydrogen-bond acceptors (Lipinski definition) is 5. The van der Waals surface area contributed by atoms with E-state index in [0.717, 1.165) is 36.1 Å². The summed E-state index contributed by atoms with van der Waals surface area (Å²) in [5.74, 6) is 1.96. The van der Waals surface area contributed by atoms with Gasteiger partial charge in [-0.2, -0.15) is 0 Å². The lowest BCUT2D eigenvalue weighted by Crippen LogP contribution is -2.37. The van der Waals surface area contributed by atoms with E-state index in [-0.39, 0.29) is 12.4 Å². The van der Waals surface area contributed by atoms with E-state index < -0.39 is 0 Å². The van der Waals surface area contributed by atoms with Crippen molar-refractivity contribution in [2.45, 2.75) is 26.2 Å². The Morgan fingerprint density at radius 2 is 2.00 bits per heavy atom. The van der Waals surface area contributed by atoms with Crippen LogP contribution in [0.5, 0.6) is 0 Å². The monoisotopic (exact) mass is 340 g/mol. The quantitative estimate of drug-likeness (QED) is 0.853. The number of anilines is 1. The number of hydrogen-bond donors (Lipinski definition) is 0. The molecule has 3 rings (SSSR count). The molecule has 0 amide bonds. The van der Waals surface area contributed by atoms with Crippen molar-refractivity contribution in [1.82, 2.24) is 14.9 Å². The highest BCUT2D eigenvalue weighted by Crippen LogP contribution is 2.32. The normalized spacial score (nSPS) is 16.3. The van der Waals surface area contributed by atoms with Crippen molar-refractivity contribution in [3.63, 3.8) is 0 Å². The second kappa shape index (κ2) is 7.57. The van der Waals surface area contributed by atoms with Gasteiger partial charge in [-0.15, -0.1) is 23.7 Å². The first-order valence-electron chi connectivity index (χ1n) is 7.80. The molecule has 22 heavy (non-hydrogen) atoms. The highest BCUT2D eigenvalue weighted by atomic mass is 35.5. The Kier molecular flexibility index (Phi) is 6.01. The Labute approximate surface area is 143 Å². The Bertz CT molecular complexity index is 605. The summed E-state index contributed by atoms with van der Waals surface area (Å²) >= 11 is 1.80. The zero-order chi connectivity index (χ0) is 14.8. The molecule has 0 radical (unpaired) electrons. The van der Waals surface area contributed by atoms with E-state index in [0.29, 0.717) is 0 Å². The van der Waals surface area contributed by atoms with Gasteiger partial charge >= 0.3 is 0 Å². The molecular weight excluding hydrogens is 316 g/mol. The molecule has 1 aliphatic rings. The summed E-state index contributed by atoms with van der Waals surface area (Å²) in [5.41, 5.74) is 0. The molecule has 0 N–H and O–H groups in total. The highest BCUT2D eigenvalue weighted by Gasteiger charge is 2.22. The molecule has 4 nitrogen and oxygen atoms in total. The lowest BCUT2D eigenvalue weighted by molar-refractivity contribution is 0.285. The summed E-state index contributed by atoms with van der Waals surface area (Å²) in [6, 6.07) is 2.28. The fraction of sp³-hybridized carbons (Fsp3) is 0.625. The van der Waals surface area contributed by atoms with Gasteiger partial charge in [0.1, 0.15) is 17.0 Å². The number of nitrogens with zero attached hydrogens (tertiary/aromatic N) is 4. The fourth-order valence-electron chi connectivity index (χ4n) is 3.16. The molecule has 1 fully saturated rings. The molecule has 6 heteroatoms. The Hall–Kier alpha value is -0.910. The number of fused-ring (bicyclic) bond motifs is 1. The van der Waals surface area contributed by atoms with Crippen LogP contribution in [0.15, 0.2) is 12.4 Å². The van der Waals surface area contributed by atoms with Crippen LogP contribution in [0.3, 0.4) is 0 Å². The van der Waals surface area contributed by atoms with E-state index >= 15 is 0 Å². The van der Waals surface area contributed by atoms with Gasteiger partial charge in [-0.25, -0.2) is 9.97 Å². The van der Waals surface area contributed by atoms with Gasteiger partial charge in [0.15, 0.2) is 0 Å². The first-order chi connectivity index (χ1) is 10.2. The van der Waals surface area contributed by atoms with E-state index in [1.807, 2.05) is 0 Å². The highest BCUT2D eigenvalue weighted by molar-refractivity contribution is 7.18. The third-order valence-electron chi connectivity index (χ3n) is 4.25. The van der Waals surface area contributed by atoms with E-state index in [9.17, 15) is 0 Å². The molecule has 3 heterocycles. The van der Waals surface area contributed by atoms with E-state index in [2.05, 4.69) is 46.9 Å². The van der Waals surface area contributed by atoms with Crippen molar-refractivity contribution in [3.8, 4) is 0 Å². The minimum absolute atomic E-state index is 0. The first kappa shape index (κ1) is 17.4. The molecule has 0 bridgehead atoms. The van der Waals surface area contributed by atoms with Crippen LogP contribution >= 0.6 is 23.7 Å². The van der Waals surface area contributed by atoms with Crippen LogP contribution in [0, 0.1) is 5.92 Å².